The van der Waals surface area contributed by atoms with E-state index in [1.165, 1.54) is 24.9 Å². The number of guanidine groups is 1. The highest BCUT2D eigenvalue weighted by molar-refractivity contribution is 14.0. The van der Waals surface area contributed by atoms with Gasteiger partial charge in [-0.3, -0.25) is 4.99 Å². The first kappa shape index (κ1) is 26.2. The minimum absolute atomic E-state index is 0. The van der Waals surface area contributed by atoms with Gasteiger partial charge in [-0.05, 0) is 51.4 Å². The lowest BCUT2D eigenvalue weighted by Crippen LogP contribution is -2.40. The van der Waals surface area contributed by atoms with Crippen molar-refractivity contribution in [1.29, 1.82) is 0 Å². The standard InChI is InChI=1S/C23H40N4O.HI/c1-4-24-23(25-15-10-11-16-26(5-2)6-3)27-17-14-22(18-27)20-28-19-21-12-8-7-9-13-21;/h7-9,12-13,22H,4-6,10-11,14-20H2,1-3H3,(H,24,25);1H. The van der Waals surface area contributed by atoms with E-state index in [1.54, 1.807) is 0 Å². The van der Waals surface area contributed by atoms with E-state index >= 15 is 0 Å². The van der Waals surface area contributed by atoms with E-state index in [4.69, 9.17) is 9.73 Å². The third-order valence-electron chi connectivity index (χ3n) is 5.42. The highest BCUT2D eigenvalue weighted by atomic mass is 127. The molecular weight excluding hydrogens is 475 g/mol. The van der Waals surface area contributed by atoms with Crippen LogP contribution in [0.1, 0.15) is 45.6 Å². The first-order valence-corrected chi connectivity index (χ1v) is 11.1. The van der Waals surface area contributed by atoms with Gasteiger partial charge in [-0.15, -0.1) is 24.0 Å². The summed E-state index contributed by atoms with van der Waals surface area (Å²) in [7, 11) is 0. The number of likely N-dealkylation sites (tertiary alicyclic amines) is 1. The van der Waals surface area contributed by atoms with Gasteiger partial charge in [0.1, 0.15) is 0 Å². The molecule has 1 N–H and O–H groups in total. The SMILES string of the molecule is CCNC(=NCCCCN(CC)CC)N1CCC(COCc2ccccc2)C1.I. The highest BCUT2D eigenvalue weighted by Gasteiger charge is 2.24. The topological polar surface area (TPSA) is 40.1 Å². The van der Waals surface area contributed by atoms with Gasteiger partial charge in [-0.2, -0.15) is 0 Å². The predicted molar refractivity (Wildman–Crippen MR) is 134 cm³/mol. The predicted octanol–water partition coefficient (Wildman–Crippen LogP) is 4.23. The molecule has 0 amide bonds. The number of hydrogen-bond acceptors (Lipinski definition) is 3. The van der Waals surface area contributed by atoms with Gasteiger partial charge in [0, 0.05) is 32.1 Å². The van der Waals surface area contributed by atoms with Crippen LogP contribution in [-0.2, 0) is 11.3 Å². The molecule has 1 aromatic carbocycles. The number of aliphatic imine (C=N–C) groups is 1. The summed E-state index contributed by atoms with van der Waals surface area (Å²) in [6.45, 7) is 15.6. The van der Waals surface area contributed by atoms with Crippen LogP contribution in [0.15, 0.2) is 35.3 Å². The van der Waals surface area contributed by atoms with Crippen molar-refractivity contribution >= 4 is 29.9 Å². The van der Waals surface area contributed by atoms with E-state index in [0.29, 0.717) is 12.5 Å². The van der Waals surface area contributed by atoms with Gasteiger partial charge in [0.2, 0.25) is 0 Å². The van der Waals surface area contributed by atoms with Crippen LogP contribution in [0.5, 0.6) is 0 Å². The van der Waals surface area contributed by atoms with Crippen LogP contribution in [0.25, 0.3) is 0 Å². The van der Waals surface area contributed by atoms with Gasteiger partial charge in [0.05, 0.1) is 13.2 Å². The van der Waals surface area contributed by atoms with E-state index in [9.17, 15) is 0 Å². The number of ether oxygens (including phenoxy) is 1. The van der Waals surface area contributed by atoms with Gasteiger partial charge in [0.25, 0.3) is 0 Å². The molecule has 0 bridgehead atoms. The average Bonchev–Trinajstić information content (AvgIpc) is 3.19. The first-order chi connectivity index (χ1) is 13.8. The van der Waals surface area contributed by atoms with Crippen LogP contribution >= 0.6 is 24.0 Å². The molecule has 1 unspecified atom stereocenters. The van der Waals surface area contributed by atoms with Crippen LogP contribution in [0.3, 0.4) is 0 Å². The molecule has 0 aliphatic carbocycles. The van der Waals surface area contributed by atoms with E-state index in [2.05, 4.69) is 60.2 Å². The maximum Gasteiger partial charge on any atom is 0.193 e. The fourth-order valence-corrected chi connectivity index (χ4v) is 3.68. The molecule has 29 heavy (non-hydrogen) atoms. The van der Waals surface area contributed by atoms with E-state index in [1.807, 2.05) is 6.07 Å². The summed E-state index contributed by atoms with van der Waals surface area (Å²) in [5, 5.41) is 3.47. The van der Waals surface area contributed by atoms with Crippen LogP contribution in [0.2, 0.25) is 0 Å². The molecule has 0 aromatic heterocycles. The third-order valence-corrected chi connectivity index (χ3v) is 5.42. The largest absolute Gasteiger partial charge is 0.376 e. The van der Waals surface area contributed by atoms with Gasteiger partial charge in [-0.25, -0.2) is 0 Å². The first-order valence-electron chi connectivity index (χ1n) is 11.1. The second-order valence-electron chi connectivity index (χ2n) is 7.57. The van der Waals surface area contributed by atoms with Crippen LogP contribution in [0, 0.1) is 5.92 Å². The van der Waals surface area contributed by atoms with Gasteiger partial charge >= 0.3 is 0 Å². The Hall–Kier alpha value is -0.860. The van der Waals surface area contributed by atoms with Crippen molar-refractivity contribution < 1.29 is 4.74 Å². The summed E-state index contributed by atoms with van der Waals surface area (Å²) in [6, 6.07) is 10.4. The molecule has 1 aliphatic rings. The van der Waals surface area contributed by atoms with Crippen molar-refractivity contribution in [2.45, 2.75) is 46.6 Å². The molecule has 166 valence electrons. The van der Waals surface area contributed by atoms with Gasteiger partial charge in [-0.1, -0.05) is 44.2 Å². The molecule has 6 heteroatoms. The van der Waals surface area contributed by atoms with Crippen molar-refractivity contribution in [1.82, 2.24) is 15.1 Å². The van der Waals surface area contributed by atoms with Crippen molar-refractivity contribution in [2.75, 3.05) is 52.4 Å². The summed E-state index contributed by atoms with van der Waals surface area (Å²) in [6.07, 6.45) is 3.56. The Bertz CT molecular complexity index is 551. The van der Waals surface area contributed by atoms with Crippen LogP contribution < -0.4 is 5.32 Å². The third kappa shape index (κ3) is 10.1. The Labute approximate surface area is 195 Å². The molecule has 2 rings (SSSR count). The van der Waals surface area contributed by atoms with E-state index < -0.39 is 0 Å². The van der Waals surface area contributed by atoms with Crippen molar-refractivity contribution in [2.24, 2.45) is 10.9 Å². The molecular formula is C23H41IN4O. The Morgan fingerprint density at radius 1 is 1.17 bits per heavy atom. The zero-order valence-electron chi connectivity index (χ0n) is 18.6. The minimum atomic E-state index is 0. The van der Waals surface area contributed by atoms with Crippen molar-refractivity contribution in [3.05, 3.63) is 35.9 Å². The molecule has 0 saturated carbocycles. The van der Waals surface area contributed by atoms with Gasteiger partial charge < -0.3 is 19.9 Å². The molecule has 1 aliphatic heterocycles. The Kier molecular flexibility index (Phi) is 14.4. The van der Waals surface area contributed by atoms with E-state index in [0.717, 1.165) is 58.3 Å². The smallest absolute Gasteiger partial charge is 0.193 e. The van der Waals surface area contributed by atoms with Gasteiger partial charge in [0.15, 0.2) is 5.96 Å². The Morgan fingerprint density at radius 3 is 2.62 bits per heavy atom. The number of rotatable bonds is 12. The number of hydrogen-bond donors (Lipinski definition) is 1. The second kappa shape index (κ2) is 15.9. The highest BCUT2D eigenvalue weighted by Crippen LogP contribution is 2.17. The fraction of sp³-hybridized carbons (Fsp3) is 0.696. The van der Waals surface area contributed by atoms with Crippen LogP contribution in [-0.4, -0.2) is 68.2 Å². The number of unbranched alkanes of at least 4 members (excludes halogenated alkanes) is 1. The lowest BCUT2D eigenvalue weighted by Gasteiger charge is -2.22. The molecule has 1 atom stereocenters. The van der Waals surface area contributed by atoms with Crippen LogP contribution in [0.4, 0.5) is 0 Å². The number of nitrogens with zero attached hydrogens (tertiary/aromatic N) is 3. The summed E-state index contributed by atoms with van der Waals surface area (Å²) in [5.74, 6) is 1.67. The lowest BCUT2D eigenvalue weighted by molar-refractivity contribution is 0.0907. The zero-order valence-corrected chi connectivity index (χ0v) is 20.9. The van der Waals surface area contributed by atoms with E-state index in [-0.39, 0.29) is 24.0 Å². The Morgan fingerprint density at radius 2 is 1.93 bits per heavy atom. The summed E-state index contributed by atoms with van der Waals surface area (Å²) in [5.41, 5.74) is 1.25. The summed E-state index contributed by atoms with van der Waals surface area (Å²) >= 11 is 0. The Balaban J connectivity index is 0.00000420. The lowest BCUT2D eigenvalue weighted by atomic mass is 10.1. The normalized spacial score (nSPS) is 16.9. The molecule has 1 fully saturated rings. The summed E-state index contributed by atoms with van der Waals surface area (Å²) in [4.78, 5) is 9.77. The number of halogens is 1. The maximum absolute atomic E-state index is 5.96. The number of benzene rings is 1. The average molecular weight is 517 g/mol. The number of nitrogens with one attached hydrogen (secondary N) is 1. The maximum atomic E-state index is 5.96. The monoisotopic (exact) mass is 516 g/mol. The fourth-order valence-electron chi connectivity index (χ4n) is 3.68. The summed E-state index contributed by atoms with van der Waals surface area (Å²) < 4.78 is 5.96. The minimum Gasteiger partial charge on any atom is -0.376 e. The molecule has 0 radical (unpaired) electrons. The zero-order chi connectivity index (χ0) is 20.0. The molecule has 5 nitrogen and oxygen atoms in total. The molecule has 1 saturated heterocycles. The quantitative estimate of drug-likeness (QED) is 0.195. The molecule has 1 heterocycles. The second-order valence-corrected chi connectivity index (χ2v) is 7.57. The van der Waals surface area contributed by atoms with Crippen molar-refractivity contribution in [3.8, 4) is 0 Å². The molecule has 1 aromatic rings. The van der Waals surface area contributed by atoms with Crippen molar-refractivity contribution in [3.63, 3.8) is 0 Å². The molecule has 0 spiro atoms.